The van der Waals surface area contributed by atoms with Crippen molar-refractivity contribution in [1.82, 2.24) is 4.31 Å². The van der Waals surface area contributed by atoms with Gasteiger partial charge in [-0.25, -0.2) is 21.2 Å². The summed E-state index contributed by atoms with van der Waals surface area (Å²) in [5.74, 6) is -0.782. The maximum atomic E-state index is 13.3. The van der Waals surface area contributed by atoms with E-state index in [9.17, 15) is 21.2 Å². The Bertz CT molecular complexity index is 744. The molecule has 0 bridgehead atoms. The predicted octanol–water partition coefficient (Wildman–Crippen LogP) is 1.66. The van der Waals surface area contributed by atoms with Crippen molar-refractivity contribution in [2.75, 3.05) is 18.1 Å². The molecule has 0 aliphatic carbocycles. The van der Waals surface area contributed by atoms with Gasteiger partial charge in [-0.15, -0.1) is 0 Å². The van der Waals surface area contributed by atoms with Crippen molar-refractivity contribution in [2.45, 2.75) is 31.2 Å². The number of benzene rings is 1. The minimum Gasteiger partial charge on any atom is -0.229 e. The van der Waals surface area contributed by atoms with E-state index in [2.05, 4.69) is 0 Å². The zero-order chi connectivity index (χ0) is 16.5. The normalized spacial score (nSPS) is 21.6. The smallest absolute Gasteiger partial charge is 0.229 e. The lowest BCUT2D eigenvalue weighted by atomic mass is 10.2. The molecular weight excluding hydrogens is 329 g/mol. The van der Waals surface area contributed by atoms with Gasteiger partial charge in [-0.2, -0.15) is 4.31 Å². The summed E-state index contributed by atoms with van der Waals surface area (Å²) >= 11 is 0. The summed E-state index contributed by atoms with van der Waals surface area (Å²) in [6.07, 6.45) is 0.281. The van der Waals surface area contributed by atoms with E-state index in [-0.39, 0.29) is 35.3 Å². The van der Waals surface area contributed by atoms with E-state index < -0.39 is 31.7 Å². The molecule has 22 heavy (non-hydrogen) atoms. The number of hydrogen-bond acceptors (Lipinski definition) is 4. The number of halogens is 1. The zero-order valence-electron chi connectivity index (χ0n) is 12.6. The van der Waals surface area contributed by atoms with Gasteiger partial charge in [-0.1, -0.05) is 19.9 Å². The zero-order valence-corrected chi connectivity index (χ0v) is 14.2. The van der Waals surface area contributed by atoms with Gasteiger partial charge in [0.25, 0.3) is 0 Å². The SMILES string of the molecule is CC(C)CN(C1CCS(=O)(=O)C1)S(=O)(=O)c1cccc(F)c1. The van der Waals surface area contributed by atoms with Crippen LogP contribution in [-0.4, -0.2) is 45.2 Å². The van der Waals surface area contributed by atoms with Gasteiger partial charge < -0.3 is 0 Å². The molecule has 0 N–H and O–H groups in total. The van der Waals surface area contributed by atoms with Crippen molar-refractivity contribution in [3.05, 3.63) is 30.1 Å². The lowest BCUT2D eigenvalue weighted by Crippen LogP contribution is -2.43. The van der Waals surface area contributed by atoms with Gasteiger partial charge in [0.2, 0.25) is 10.0 Å². The summed E-state index contributed by atoms with van der Waals surface area (Å²) in [4.78, 5) is -0.141. The summed E-state index contributed by atoms with van der Waals surface area (Å²) in [5.41, 5.74) is 0. The molecule has 1 atom stereocenters. The number of rotatable bonds is 5. The number of hydrogen-bond donors (Lipinski definition) is 0. The summed E-state index contributed by atoms with van der Waals surface area (Å²) < 4.78 is 63.5. The first-order chi connectivity index (χ1) is 10.1. The van der Waals surface area contributed by atoms with E-state index in [4.69, 9.17) is 0 Å². The molecule has 0 amide bonds. The first-order valence-electron chi connectivity index (χ1n) is 7.09. The third-order valence-electron chi connectivity index (χ3n) is 3.56. The Morgan fingerprint density at radius 2 is 2.05 bits per heavy atom. The Hall–Kier alpha value is -0.990. The van der Waals surface area contributed by atoms with Crippen LogP contribution in [0.1, 0.15) is 20.3 Å². The molecule has 124 valence electrons. The lowest BCUT2D eigenvalue weighted by Gasteiger charge is -2.28. The lowest BCUT2D eigenvalue weighted by molar-refractivity contribution is 0.307. The molecule has 1 aromatic rings. The fraction of sp³-hybridized carbons (Fsp3) is 0.571. The molecule has 1 aromatic carbocycles. The second kappa shape index (κ2) is 6.25. The first kappa shape index (κ1) is 17.4. The van der Waals surface area contributed by atoms with E-state index in [0.717, 1.165) is 6.07 Å². The van der Waals surface area contributed by atoms with Crippen molar-refractivity contribution in [2.24, 2.45) is 5.92 Å². The third-order valence-corrected chi connectivity index (χ3v) is 7.23. The van der Waals surface area contributed by atoms with Gasteiger partial charge in [0.1, 0.15) is 5.82 Å². The topological polar surface area (TPSA) is 71.5 Å². The maximum absolute atomic E-state index is 13.3. The number of sulfonamides is 1. The molecule has 2 rings (SSSR count). The fourth-order valence-corrected chi connectivity index (χ4v) is 6.24. The van der Waals surface area contributed by atoms with Gasteiger partial charge in [0, 0.05) is 12.6 Å². The molecule has 1 aliphatic heterocycles. The Labute approximate surface area is 131 Å². The van der Waals surface area contributed by atoms with Crippen LogP contribution in [-0.2, 0) is 19.9 Å². The second-order valence-corrected chi connectivity index (χ2v) is 10.1. The van der Waals surface area contributed by atoms with Crippen LogP contribution in [0.5, 0.6) is 0 Å². The molecule has 1 fully saturated rings. The summed E-state index contributed by atoms with van der Waals surface area (Å²) in [6.45, 7) is 3.92. The first-order valence-corrected chi connectivity index (χ1v) is 10.4. The largest absolute Gasteiger partial charge is 0.243 e. The van der Waals surface area contributed by atoms with Crippen LogP contribution in [0.4, 0.5) is 4.39 Å². The molecule has 5 nitrogen and oxygen atoms in total. The molecule has 0 aromatic heterocycles. The van der Waals surface area contributed by atoms with Gasteiger partial charge in [0.05, 0.1) is 16.4 Å². The van der Waals surface area contributed by atoms with Crippen LogP contribution >= 0.6 is 0 Å². The molecule has 1 unspecified atom stereocenters. The summed E-state index contributed by atoms with van der Waals surface area (Å²) in [5, 5.41) is 0. The standard InChI is InChI=1S/C14H20FNO4S2/c1-11(2)9-16(13-6-7-21(17,18)10-13)22(19,20)14-5-3-4-12(15)8-14/h3-5,8,11,13H,6-7,9-10H2,1-2H3. The molecule has 0 saturated carbocycles. The molecule has 0 radical (unpaired) electrons. The van der Waals surface area contributed by atoms with Gasteiger partial charge >= 0.3 is 0 Å². The van der Waals surface area contributed by atoms with Gasteiger partial charge in [0.15, 0.2) is 9.84 Å². The third kappa shape index (κ3) is 3.85. The van der Waals surface area contributed by atoms with Gasteiger partial charge in [-0.05, 0) is 30.5 Å². The van der Waals surface area contributed by atoms with Crippen LogP contribution in [0, 0.1) is 11.7 Å². The van der Waals surface area contributed by atoms with Crippen LogP contribution in [0.2, 0.25) is 0 Å². The number of nitrogens with zero attached hydrogens (tertiary/aromatic N) is 1. The van der Waals surface area contributed by atoms with E-state index >= 15 is 0 Å². The molecule has 1 heterocycles. The average Bonchev–Trinajstić information content (AvgIpc) is 2.75. The highest BCUT2D eigenvalue weighted by molar-refractivity contribution is 7.92. The van der Waals surface area contributed by atoms with E-state index in [1.807, 2.05) is 13.8 Å². The molecular formula is C14H20FNO4S2. The summed E-state index contributed by atoms with van der Waals surface area (Å²) in [6, 6.07) is 4.22. The fourth-order valence-electron chi connectivity index (χ4n) is 2.57. The second-order valence-electron chi connectivity index (χ2n) is 5.98. The Morgan fingerprint density at radius 1 is 1.36 bits per heavy atom. The minimum atomic E-state index is -3.92. The summed E-state index contributed by atoms with van der Waals surface area (Å²) in [7, 11) is -7.13. The van der Waals surface area contributed by atoms with Crippen LogP contribution < -0.4 is 0 Å². The van der Waals surface area contributed by atoms with Crippen molar-refractivity contribution >= 4 is 19.9 Å². The van der Waals surface area contributed by atoms with Crippen molar-refractivity contribution in [3.63, 3.8) is 0 Å². The minimum absolute atomic E-state index is 0.00900. The van der Waals surface area contributed by atoms with Crippen molar-refractivity contribution < 1.29 is 21.2 Å². The highest BCUT2D eigenvalue weighted by Crippen LogP contribution is 2.26. The number of sulfone groups is 1. The Balaban J connectivity index is 2.40. The maximum Gasteiger partial charge on any atom is 0.243 e. The molecule has 1 saturated heterocycles. The Kier molecular flexibility index (Phi) is 4.93. The van der Waals surface area contributed by atoms with E-state index in [1.54, 1.807) is 0 Å². The highest BCUT2D eigenvalue weighted by atomic mass is 32.2. The monoisotopic (exact) mass is 349 g/mol. The van der Waals surface area contributed by atoms with Crippen LogP contribution in [0.25, 0.3) is 0 Å². The quantitative estimate of drug-likeness (QED) is 0.810. The molecule has 0 spiro atoms. The predicted molar refractivity (Wildman–Crippen MR) is 82.2 cm³/mol. The van der Waals surface area contributed by atoms with Crippen LogP contribution in [0.3, 0.4) is 0 Å². The van der Waals surface area contributed by atoms with Crippen LogP contribution in [0.15, 0.2) is 29.2 Å². The van der Waals surface area contributed by atoms with Crippen molar-refractivity contribution in [3.8, 4) is 0 Å². The molecule has 8 heteroatoms. The van der Waals surface area contributed by atoms with Gasteiger partial charge in [-0.3, -0.25) is 0 Å². The van der Waals surface area contributed by atoms with Crippen molar-refractivity contribution in [1.29, 1.82) is 0 Å². The Morgan fingerprint density at radius 3 is 2.55 bits per heavy atom. The van der Waals surface area contributed by atoms with E-state index in [1.165, 1.54) is 22.5 Å². The highest BCUT2D eigenvalue weighted by Gasteiger charge is 2.39. The average molecular weight is 349 g/mol. The van der Waals surface area contributed by atoms with E-state index in [0.29, 0.717) is 0 Å². The molecule has 1 aliphatic rings.